The molecule has 0 unspecified atom stereocenters. The lowest BCUT2D eigenvalue weighted by Gasteiger charge is -2.24. The number of hydrogen-bond acceptors (Lipinski definition) is 4. The number of benzene rings is 1. The zero-order valence-corrected chi connectivity index (χ0v) is 12.2. The van der Waals surface area contributed by atoms with Gasteiger partial charge < -0.3 is 10.2 Å². The Morgan fingerprint density at radius 2 is 2.10 bits per heavy atom. The Balaban J connectivity index is 2.13. The molecule has 2 heterocycles. The second-order valence-corrected chi connectivity index (χ2v) is 5.32. The maximum absolute atomic E-state index is 12.7. The van der Waals surface area contributed by atoms with Crippen LogP contribution in [-0.4, -0.2) is 36.4 Å². The number of carbonyl (C=O) groups is 1. The largest absolute Gasteiger partial charge is 0.378 e. The molecule has 108 valence electrons. The first-order valence-corrected chi connectivity index (χ1v) is 6.91. The quantitative estimate of drug-likeness (QED) is 0.917. The first-order valence-electron chi connectivity index (χ1n) is 6.91. The molecule has 5 heteroatoms. The highest BCUT2D eigenvalue weighted by molar-refractivity contribution is 6.04. The summed E-state index contributed by atoms with van der Waals surface area (Å²) in [5.74, 6) is 0.672. The van der Waals surface area contributed by atoms with Gasteiger partial charge in [-0.2, -0.15) is 0 Å². The molecule has 21 heavy (non-hydrogen) atoms. The summed E-state index contributed by atoms with van der Waals surface area (Å²) in [4.78, 5) is 20.7. The number of fused-ring (bicyclic) bond motifs is 2. The highest BCUT2D eigenvalue weighted by atomic mass is 16.2. The normalized spacial score (nSPS) is 13.2. The van der Waals surface area contributed by atoms with E-state index in [0.717, 1.165) is 16.9 Å². The van der Waals surface area contributed by atoms with Crippen molar-refractivity contribution < 1.29 is 4.79 Å². The fourth-order valence-electron chi connectivity index (χ4n) is 2.49. The number of amides is 1. The van der Waals surface area contributed by atoms with Crippen LogP contribution in [0.1, 0.15) is 5.56 Å². The van der Waals surface area contributed by atoms with E-state index >= 15 is 0 Å². The minimum atomic E-state index is 0.0103. The van der Waals surface area contributed by atoms with Crippen molar-refractivity contribution >= 4 is 23.1 Å². The number of nitrogens with one attached hydrogen (secondary N) is 1. The lowest BCUT2D eigenvalue weighted by molar-refractivity contribution is -0.118. The maximum atomic E-state index is 12.7. The van der Waals surface area contributed by atoms with Crippen LogP contribution >= 0.6 is 0 Å². The van der Waals surface area contributed by atoms with Crippen molar-refractivity contribution in [3.8, 4) is 0 Å². The zero-order valence-electron chi connectivity index (χ0n) is 12.2. The van der Waals surface area contributed by atoms with E-state index in [4.69, 9.17) is 0 Å². The van der Waals surface area contributed by atoms with Gasteiger partial charge in [0.25, 0.3) is 0 Å². The number of hydrogen-bond donors (Lipinski definition) is 1. The Hall–Kier alpha value is -2.40. The predicted octanol–water partition coefficient (Wildman–Crippen LogP) is 2.23. The minimum absolute atomic E-state index is 0.0103. The molecule has 1 amide bonds. The number of carbonyl (C=O) groups excluding carboxylic acids is 1. The number of nitrogens with zero attached hydrogens (tertiary/aromatic N) is 3. The van der Waals surface area contributed by atoms with E-state index in [9.17, 15) is 4.79 Å². The molecule has 1 N–H and O–H groups in total. The van der Waals surface area contributed by atoms with Crippen LogP contribution in [-0.2, 0) is 11.3 Å². The summed E-state index contributed by atoms with van der Waals surface area (Å²) >= 11 is 0. The Bertz CT molecular complexity index is 621. The number of pyridine rings is 1. The third-order valence-electron chi connectivity index (χ3n) is 3.40. The summed E-state index contributed by atoms with van der Waals surface area (Å²) in [6.07, 6.45) is 1.71. The van der Waals surface area contributed by atoms with E-state index in [1.54, 1.807) is 11.1 Å². The molecule has 1 aliphatic heterocycles. The fourth-order valence-corrected chi connectivity index (χ4v) is 2.49. The van der Waals surface area contributed by atoms with Gasteiger partial charge in [-0.3, -0.25) is 9.69 Å². The van der Waals surface area contributed by atoms with Gasteiger partial charge in [0.1, 0.15) is 0 Å². The lowest BCUT2D eigenvalue weighted by atomic mass is 10.1. The fraction of sp³-hybridized carbons (Fsp3) is 0.250. The molecule has 5 nitrogen and oxygen atoms in total. The Labute approximate surface area is 124 Å². The molecule has 0 atom stereocenters. The van der Waals surface area contributed by atoms with Gasteiger partial charge in [0.05, 0.1) is 17.9 Å². The van der Waals surface area contributed by atoms with E-state index in [1.165, 1.54) is 0 Å². The minimum Gasteiger partial charge on any atom is -0.378 e. The Morgan fingerprint density at radius 3 is 2.90 bits per heavy atom. The summed E-state index contributed by atoms with van der Waals surface area (Å²) in [5.41, 5.74) is 2.86. The number of likely N-dealkylation sites (N-methyl/N-ethyl adjacent to an activating group) is 1. The molecule has 0 bridgehead atoms. The zero-order chi connectivity index (χ0) is 14.8. The molecule has 0 saturated carbocycles. The van der Waals surface area contributed by atoms with Gasteiger partial charge in [-0.25, -0.2) is 4.98 Å². The van der Waals surface area contributed by atoms with E-state index in [2.05, 4.69) is 10.3 Å². The van der Waals surface area contributed by atoms with Gasteiger partial charge in [-0.1, -0.05) is 18.2 Å². The Kier molecular flexibility index (Phi) is 3.58. The first-order chi connectivity index (χ1) is 10.2. The number of aromatic nitrogens is 1. The maximum Gasteiger partial charge on any atom is 0.246 e. The van der Waals surface area contributed by atoms with Crippen LogP contribution in [0.15, 0.2) is 42.6 Å². The molecule has 0 aliphatic carbocycles. The molecule has 0 radical (unpaired) electrons. The first kappa shape index (κ1) is 13.6. The van der Waals surface area contributed by atoms with E-state index in [1.807, 2.05) is 55.4 Å². The number of anilines is 3. The topological polar surface area (TPSA) is 48.5 Å². The van der Waals surface area contributed by atoms with Crippen LogP contribution in [0.25, 0.3) is 0 Å². The van der Waals surface area contributed by atoms with Gasteiger partial charge in [0, 0.05) is 12.7 Å². The number of rotatable bonds is 2. The summed E-state index contributed by atoms with van der Waals surface area (Å²) in [7, 11) is 3.78. The monoisotopic (exact) mass is 282 g/mol. The average molecular weight is 282 g/mol. The third-order valence-corrected chi connectivity index (χ3v) is 3.40. The SMILES string of the molecule is CN(C)CC(=O)N1c2ccccc2CNc2cccnc21. The molecule has 1 aromatic carbocycles. The second-order valence-electron chi connectivity index (χ2n) is 5.32. The summed E-state index contributed by atoms with van der Waals surface area (Å²) in [5, 5.41) is 3.35. The lowest BCUT2D eigenvalue weighted by Crippen LogP contribution is -2.35. The highest BCUT2D eigenvalue weighted by Gasteiger charge is 2.26. The van der Waals surface area contributed by atoms with E-state index in [0.29, 0.717) is 18.9 Å². The second kappa shape index (κ2) is 5.54. The van der Waals surface area contributed by atoms with Crippen molar-refractivity contribution in [2.75, 3.05) is 30.9 Å². The Morgan fingerprint density at radius 1 is 1.29 bits per heavy atom. The van der Waals surface area contributed by atoms with Crippen molar-refractivity contribution in [2.45, 2.75) is 6.54 Å². The molecule has 0 spiro atoms. The van der Waals surface area contributed by atoms with Crippen molar-refractivity contribution in [1.29, 1.82) is 0 Å². The summed E-state index contributed by atoms with van der Waals surface area (Å²) in [6.45, 7) is 1.02. The van der Waals surface area contributed by atoms with Crippen molar-refractivity contribution in [3.63, 3.8) is 0 Å². The van der Waals surface area contributed by atoms with Gasteiger partial charge in [0.2, 0.25) is 5.91 Å². The molecule has 0 fully saturated rings. The van der Waals surface area contributed by atoms with Crippen LogP contribution in [0.4, 0.5) is 17.2 Å². The summed E-state index contributed by atoms with van der Waals surface area (Å²) in [6, 6.07) is 11.8. The molecule has 3 rings (SSSR count). The third kappa shape index (κ3) is 2.60. The van der Waals surface area contributed by atoms with Crippen LogP contribution < -0.4 is 10.2 Å². The van der Waals surface area contributed by atoms with Crippen LogP contribution in [0.2, 0.25) is 0 Å². The van der Waals surface area contributed by atoms with Crippen LogP contribution in [0, 0.1) is 0 Å². The van der Waals surface area contributed by atoms with Crippen molar-refractivity contribution in [2.24, 2.45) is 0 Å². The van der Waals surface area contributed by atoms with E-state index in [-0.39, 0.29) is 5.91 Å². The molecule has 2 aromatic rings. The van der Waals surface area contributed by atoms with Gasteiger partial charge in [0.15, 0.2) is 5.82 Å². The molecule has 1 aromatic heterocycles. The average Bonchev–Trinajstić information content (AvgIpc) is 2.63. The molecule has 0 saturated heterocycles. The van der Waals surface area contributed by atoms with Crippen molar-refractivity contribution in [1.82, 2.24) is 9.88 Å². The van der Waals surface area contributed by atoms with Gasteiger partial charge in [-0.05, 0) is 37.9 Å². The molecular formula is C16H18N4O. The van der Waals surface area contributed by atoms with Gasteiger partial charge in [-0.15, -0.1) is 0 Å². The van der Waals surface area contributed by atoms with Crippen LogP contribution in [0.5, 0.6) is 0 Å². The molecule has 1 aliphatic rings. The van der Waals surface area contributed by atoms with Gasteiger partial charge >= 0.3 is 0 Å². The smallest absolute Gasteiger partial charge is 0.246 e. The van der Waals surface area contributed by atoms with Crippen LogP contribution in [0.3, 0.4) is 0 Å². The van der Waals surface area contributed by atoms with E-state index < -0.39 is 0 Å². The highest BCUT2D eigenvalue weighted by Crippen LogP contribution is 2.35. The number of para-hydroxylation sites is 1. The summed E-state index contributed by atoms with van der Waals surface area (Å²) < 4.78 is 0. The standard InChI is InChI=1S/C16H18N4O/c1-19(2)11-15(21)20-14-8-4-3-6-12(14)10-18-13-7-5-9-17-16(13)20/h3-9,18H,10-11H2,1-2H3. The van der Waals surface area contributed by atoms with Crippen molar-refractivity contribution in [3.05, 3.63) is 48.2 Å². The predicted molar refractivity (Wildman–Crippen MR) is 83.7 cm³/mol. The molecular weight excluding hydrogens is 264 g/mol.